The van der Waals surface area contributed by atoms with Gasteiger partial charge >= 0.3 is 0 Å². The molecule has 1 aliphatic rings. The molecule has 1 saturated carbocycles. The van der Waals surface area contributed by atoms with Crippen LogP contribution in [0, 0.1) is 0 Å². The van der Waals surface area contributed by atoms with Crippen molar-refractivity contribution >= 4 is 37.8 Å². The van der Waals surface area contributed by atoms with Gasteiger partial charge in [0.25, 0.3) is 10.0 Å². The quantitative estimate of drug-likeness (QED) is 0.753. The van der Waals surface area contributed by atoms with Gasteiger partial charge in [-0.15, -0.1) is 21.5 Å². The van der Waals surface area contributed by atoms with Crippen LogP contribution in [0.25, 0.3) is 0 Å². The van der Waals surface area contributed by atoms with Crippen LogP contribution >= 0.6 is 22.7 Å². The second-order valence-electron chi connectivity index (χ2n) is 5.40. The number of sulfonamides is 1. The van der Waals surface area contributed by atoms with E-state index in [1.807, 2.05) is 18.2 Å². The van der Waals surface area contributed by atoms with E-state index >= 15 is 0 Å². The van der Waals surface area contributed by atoms with Gasteiger partial charge in [-0.3, -0.25) is 4.72 Å². The van der Waals surface area contributed by atoms with Crippen LogP contribution in [0.1, 0.15) is 23.4 Å². The lowest BCUT2D eigenvalue weighted by Gasteiger charge is -2.11. The summed E-state index contributed by atoms with van der Waals surface area (Å²) in [6, 6.07) is 13.5. The number of anilines is 1. The van der Waals surface area contributed by atoms with Crippen molar-refractivity contribution in [1.82, 2.24) is 10.2 Å². The topological polar surface area (TPSA) is 72.0 Å². The number of aromatic nitrogens is 2. The van der Waals surface area contributed by atoms with E-state index in [4.69, 9.17) is 0 Å². The third kappa shape index (κ3) is 2.66. The predicted molar refractivity (Wildman–Crippen MR) is 91.5 cm³/mol. The molecule has 0 amide bonds. The summed E-state index contributed by atoms with van der Waals surface area (Å²) in [5.74, 6) is 0. The van der Waals surface area contributed by atoms with Crippen LogP contribution in [-0.2, 0) is 15.4 Å². The lowest BCUT2D eigenvalue weighted by atomic mass is 9.97. The van der Waals surface area contributed by atoms with Gasteiger partial charge in [0.05, 0.1) is 0 Å². The standard InChI is InChI=1S/C15H13N3O2S3/c19-23(20,12-7-4-10-21-12)18-14-17-16-13(22-14)15(8-9-15)11-5-2-1-3-6-11/h1-7,10H,8-9H2,(H,17,18). The molecule has 1 aromatic carbocycles. The largest absolute Gasteiger partial charge is 0.273 e. The summed E-state index contributed by atoms with van der Waals surface area (Å²) < 4.78 is 27.3. The number of hydrogen-bond acceptors (Lipinski definition) is 6. The highest BCUT2D eigenvalue weighted by Crippen LogP contribution is 2.54. The maximum Gasteiger partial charge on any atom is 0.273 e. The summed E-state index contributed by atoms with van der Waals surface area (Å²) >= 11 is 2.49. The average molecular weight is 363 g/mol. The molecule has 4 rings (SSSR count). The summed E-state index contributed by atoms with van der Waals surface area (Å²) in [4.78, 5) is 0. The van der Waals surface area contributed by atoms with E-state index in [0.29, 0.717) is 5.13 Å². The summed E-state index contributed by atoms with van der Waals surface area (Å²) in [7, 11) is -3.57. The number of thiophene rings is 1. The molecule has 3 aromatic rings. The third-order valence-corrected chi connectivity index (χ3v) is 7.80. The average Bonchev–Trinajstić information content (AvgIpc) is 2.98. The molecule has 2 aromatic heterocycles. The van der Waals surface area contributed by atoms with Gasteiger partial charge in [-0.25, -0.2) is 8.42 Å². The second kappa shape index (κ2) is 5.40. The molecule has 0 atom stereocenters. The predicted octanol–water partition coefficient (Wildman–Crippen LogP) is 3.48. The van der Waals surface area contributed by atoms with Crippen LogP contribution in [0.5, 0.6) is 0 Å². The van der Waals surface area contributed by atoms with Crippen molar-refractivity contribution in [3.8, 4) is 0 Å². The molecule has 0 saturated heterocycles. The molecule has 1 fully saturated rings. The van der Waals surface area contributed by atoms with Crippen molar-refractivity contribution in [2.24, 2.45) is 0 Å². The van der Waals surface area contributed by atoms with Gasteiger partial charge in [-0.1, -0.05) is 47.7 Å². The van der Waals surface area contributed by atoms with E-state index < -0.39 is 10.0 Å². The van der Waals surface area contributed by atoms with Crippen molar-refractivity contribution in [3.63, 3.8) is 0 Å². The summed E-state index contributed by atoms with van der Waals surface area (Å²) in [6.45, 7) is 0. The first-order valence-corrected chi connectivity index (χ1v) is 10.2. The van der Waals surface area contributed by atoms with Gasteiger partial charge in [0.15, 0.2) is 0 Å². The van der Waals surface area contributed by atoms with Crippen LogP contribution in [0.4, 0.5) is 5.13 Å². The Morgan fingerprint density at radius 1 is 1.04 bits per heavy atom. The Balaban J connectivity index is 1.61. The monoisotopic (exact) mass is 363 g/mol. The minimum atomic E-state index is -3.57. The Bertz CT molecular complexity index is 914. The first-order valence-electron chi connectivity index (χ1n) is 7.06. The zero-order valence-electron chi connectivity index (χ0n) is 12.0. The molecule has 8 heteroatoms. The Morgan fingerprint density at radius 3 is 2.48 bits per heavy atom. The molecular weight excluding hydrogens is 350 g/mol. The fourth-order valence-electron chi connectivity index (χ4n) is 2.55. The Kier molecular flexibility index (Phi) is 3.47. The van der Waals surface area contributed by atoms with Crippen molar-refractivity contribution in [2.75, 3.05) is 4.72 Å². The van der Waals surface area contributed by atoms with Crippen LogP contribution in [-0.4, -0.2) is 18.6 Å². The van der Waals surface area contributed by atoms with Crippen LogP contribution in [0.15, 0.2) is 52.1 Å². The van der Waals surface area contributed by atoms with Gasteiger partial charge in [0, 0.05) is 5.41 Å². The van der Waals surface area contributed by atoms with Gasteiger partial charge in [-0.2, -0.15) is 0 Å². The van der Waals surface area contributed by atoms with Crippen molar-refractivity contribution in [3.05, 3.63) is 58.4 Å². The second-order valence-corrected chi connectivity index (χ2v) is 9.23. The number of rotatable bonds is 5. The van der Waals surface area contributed by atoms with Crippen molar-refractivity contribution in [2.45, 2.75) is 22.5 Å². The normalized spacial score (nSPS) is 16.2. The van der Waals surface area contributed by atoms with E-state index in [1.54, 1.807) is 17.5 Å². The van der Waals surface area contributed by atoms with Crippen molar-refractivity contribution in [1.29, 1.82) is 0 Å². The molecule has 0 bridgehead atoms. The lowest BCUT2D eigenvalue weighted by molar-refractivity contribution is 0.603. The molecule has 1 N–H and O–H groups in total. The highest BCUT2D eigenvalue weighted by molar-refractivity contribution is 7.94. The Labute approximate surface area is 142 Å². The SMILES string of the molecule is O=S(=O)(Nc1nnc(C2(c3ccccc3)CC2)s1)c1cccs1. The van der Waals surface area contributed by atoms with E-state index in [2.05, 4.69) is 27.1 Å². The third-order valence-electron chi connectivity index (χ3n) is 3.89. The van der Waals surface area contributed by atoms with Gasteiger partial charge in [0.2, 0.25) is 5.13 Å². The first kappa shape index (κ1) is 14.8. The molecule has 23 heavy (non-hydrogen) atoms. The van der Waals surface area contributed by atoms with Crippen LogP contribution < -0.4 is 4.72 Å². The van der Waals surface area contributed by atoms with E-state index in [1.165, 1.54) is 28.2 Å². The molecule has 1 aliphatic carbocycles. The molecule has 0 unspecified atom stereocenters. The van der Waals surface area contributed by atoms with Gasteiger partial charge in [0.1, 0.15) is 9.22 Å². The van der Waals surface area contributed by atoms with Gasteiger partial charge in [-0.05, 0) is 29.9 Å². The summed E-state index contributed by atoms with van der Waals surface area (Å²) in [5.41, 5.74) is 1.12. The van der Waals surface area contributed by atoms with Gasteiger partial charge < -0.3 is 0 Å². The molecular formula is C15H13N3O2S3. The molecule has 0 aliphatic heterocycles. The maximum atomic E-state index is 12.2. The van der Waals surface area contributed by atoms with Crippen LogP contribution in [0.2, 0.25) is 0 Å². The van der Waals surface area contributed by atoms with E-state index in [-0.39, 0.29) is 9.62 Å². The maximum absolute atomic E-state index is 12.2. The Morgan fingerprint density at radius 2 is 1.83 bits per heavy atom. The number of hydrogen-bond donors (Lipinski definition) is 1. The van der Waals surface area contributed by atoms with E-state index in [9.17, 15) is 8.42 Å². The highest BCUT2D eigenvalue weighted by Gasteiger charge is 2.49. The smallest absolute Gasteiger partial charge is 0.253 e. The minimum absolute atomic E-state index is 0.0917. The Hall–Kier alpha value is -1.77. The first-order chi connectivity index (χ1) is 11.1. The molecule has 0 radical (unpaired) electrons. The molecule has 2 heterocycles. The number of nitrogens with one attached hydrogen (secondary N) is 1. The lowest BCUT2D eigenvalue weighted by Crippen LogP contribution is -2.11. The molecule has 5 nitrogen and oxygen atoms in total. The fraction of sp³-hybridized carbons (Fsp3) is 0.200. The summed E-state index contributed by atoms with van der Waals surface area (Å²) in [6.07, 6.45) is 2.03. The molecule has 0 spiro atoms. The van der Waals surface area contributed by atoms with Crippen LogP contribution in [0.3, 0.4) is 0 Å². The molecule has 118 valence electrons. The number of benzene rings is 1. The van der Waals surface area contributed by atoms with E-state index in [0.717, 1.165) is 17.8 Å². The van der Waals surface area contributed by atoms with Crippen molar-refractivity contribution < 1.29 is 8.42 Å². The highest BCUT2D eigenvalue weighted by atomic mass is 32.2. The summed E-state index contributed by atoms with van der Waals surface area (Å²) in [5, 5.41) is 11.2. The minimum Gasteiger partial charge on any atom is -0.253 e. The zero-order chi connectivity index (χ0) is 15.9. The fourth-order valence-corrected chi connectivity index (χ4v) is 5.78. The zero-order valence-corrected chi connectivity index (χ0v) is 14.4. The number of nitrogens with zero attached hydrogens (tertiary/aromatic N) is 2.